The van der Waals surface area contributed by atoms with E-state index in [4.69, 9.17) is 0 Å². The van der Waals surface area contributed by atoms with E-state index in [-0.39, 0.29) is 12.5 Å². The Morgan fingerprint density at radius 1 is 1.44 bits per heavy atom. The molecule has 0 unspecified atom stereocenters. The first kappa shape index (κ1) is 14.0. The van der Waals surface area contributed by atoms with Gasteiger partial charge in [0.1, 0.15) is 11.4 Å². The Bertz CT molecular complexity index is 421. The molecule has 18 heavy (non-hydrogen) atoms. The summed E-state index contributed by atoms with van der Waals surface area (Å²) in [7, 11) is 1.30. The number of nitrogens with one attached hydrogen (secondary N) is 2. The number of anilines is 1. The molecular weight excluding hydrogens is 234 g/mol. The molecule has 0 aliphatic carbocycles. The van der Waals surface area contributed by atoms with Crippen LogP contribution in [0.1, 0.15) is 23.7 Å². The van der Waals surface area contributed by atoms with Gasteiger partial charge in [0.25, 0.3) is 0 Å². The first-order valence-corrected chi connectivity index (χ1v) is 5.73. The third kappa shape index (κ3) is 4.04. The Morgan fingerprint density at radius 2 is 2.22 bits per heavy atom. The van der Waals surface area contributed by atoms with E-state index in [1.165, 1.54) is 7.11 Å². The predicted molar refractivity (Wildman–Crippen MR) is 67.4 cm³/mol. The van der Waals surface area contributed by atoms with Gasteiger partial charge < -0.3 is 15.4 Å². The van der Waals surface area contributed by atoms with Gasteiger partial charge in [-0.15, -0.1) is 0 Å². The lowest BCUT2D eigenvalue weighted by molar-refractivity contribution is -0.119. The third-order valence-corrected chi connectivity index (χ3v) is 2.20. The van der Waals surface area contributed by atoms with Crippen LogP contribution in [-0.4, -0.2) is 37.1 Å². The minimum atomic E-state index is -0.487. The van der Waals surface area contributed by atoms with Crippen LogP contribution in [0.25, 0.3) is 0 Å². The number of rotatable bonds is 6. The lowest BCUT2D eigenvalue weighted by atomic mass is 10.2. The summed E-state index contributed by atoms with van der Waals surface area (Å²) in [5.41, 5.74) is 0.309. The van der Waals surface area contributed by atoms with Crippen molar-refractivity contribution in [3.05, 3.63) is 23.9 Å². The molecule has 0 aliphatic heterocycles. The average Bonchev–Trinajstić information content (AvgIpc) is 2.42. The van der Waals surface area contributed by atoms with Gasteiger partial charge in [0.2, 0.25) is 5.91 Å². The number of carbonyl (C=O) groups is 2. The second-order valence-electron chi connectivity index (χ2n) is 3.59. The predicted octanol–water partition coefficient (Wildman–Crippen LogP) is 0.806. The van der Waals surface area contributed by atoms with Crippen LogP contribution in [-0.2, 0) is 9.53 Å². The zero-order valence-electron chi connectivity index (χ0n) is 10.5. The second-order valence-corrected chi connectivity index (χ2v) is 3.59. The molecule has 1 amide bonds. The summed E-state index contributed by atoms with van der Waals surface area (Å²) in [5, 5.41) is 5.53. The molecule has 6 heteroatoms. The first-order valence-electron chi connectivity index (χ1n) is 5.73. The number of esters is 1. The van der Waals surface area contributed by atoms with E-state index < -0.39 is 5.97 Å². The van der Waals surface area contributed by atoms with Gasteiger partial charge in [-0.2, -0.15) is 0 Å². The van der Waals surface area contributed by atoms with Crippen molar-refractivity contribution in [1.82, 2.24) is 10.3 Å². The Balaban J connectivity index is 2.61. The number of amides is 1. The van der Waals surface area contributed by atoms with Crippen molar-refractivity contribution in [2.75, 3.05) is 25.5 Å². The fourth-order valence-corrected chi connectivity index (χ4v) is 1.31. The van der Waals surface area contributed by atoms with E-state index in [9.17, 15) is 9.59 Å². The molecule has 1 heterocycles. The highest BCUT2D eigenvalue weighted by molar-refractivity contribution is 5.95. The molecule has 0 aromatic carbocycles. The third-order valence-electron chi connectivity index (χ3n) is 2.20. The summed E-state index contributed by atoms with van der Waals surface area (Å²) in [4.78, 5) is 26.9. The van der Waals surface area contributed by atoms with Crippen molar-refractivity contribution in [1.29, 1.82) is 0 Å². The van der Waals surface area contributed by atoms with Crippen LogP contribution in [0.15, 0.2) is 18.3 Å². The Labute approximate surface area is 106 Å². The van der Waals surface area contributed by atoms with Crippen LogP contribution in [0, 0.1) is 0 Å². The minimum absolute atomic E-state index is 0.0704. The Hall–Kier alpha value is -2.11. The molecule has 0 atom stereocenters. The van der Waals surface area contributed by atoms with E-state index in [0.29, 0.717) is 17.9 Å². The maximum Gasteiger partial charge on any atom is 0.341 e. The van der Waals surface area contributed by atoms with Crippen LogP contribution in [0.3, 0.4) is 0 Å². The second kappa shape index (κ2) is 7.26. The molecule has 98 valence electrons. The molecule has 0 saturated carbocycles. The largest absolute Gasteiger partial charge is 0.465 e. The van der Waals surface area contributed by atoms with E-state index >= 15 is 0 Å². The smallest absolute Gasteiger partial charge is 0.341 e. The summed E-state index contributed by atoms with van der Waals surface area (Å²) in [6.45, 7) is 2.68. The van der Waals surface area contributed by atoms with Gasteiger partial charge in [0, 0.05) is 12.7 Å². The monoisotopic (exact) mass is 251 g/mol. The lowest BCUT2D eigenvalue weighted by Gasteiger charge is -2.09. The molecule has 0 saturated heterocycles. The van der Waals surface area contributed by atoms with Crippen molar-refractivity contribution in [3.63, 3.8) is 0 Å². The molecule has 0 radical (unpaired) electrons. The zero-order valence-corrected chi connectivity index (χ0v) is 10.5. The maximum atomic E-state index is 11.4. The number of methoxy groups -OCH3 is 1. The number of ether oxygens (including phenoxy) is 1. The number of hydrogen-bond acceptors (Lipinski definition) is 5. The SMILES string of the molecule is CCCNC(=O)CNc1ncccc1C(=O)OC. The Morgan fingerprint density at radius 3 is 2.89 bits per heavy atom. The van der Waals surface area contributed by atoms with E-state index in [1.807, 2.05) is 6.92 Å². The summed E-state index contributed by atoms with van der Waals surface area (Å²) >= 11 is 0. The molecule has 0 spiro atoms. The fraction of sp³-hybridized carbons (Fsp3) is 0.417. The molecular formula is C12H17N3O3. The average molecular weight is 251 g/mol. The van der Waals surface area contributed by atoms with Crippen LogP contribution in [0.4, 0.5) is 5.82 Å². The number of pyridine rings is 1. The van der Waals surface area contributed by atoms with Crippen LogP contribution >= 0.6 is 0 Å². The number of carbonyl (C=O) groups excluding carboxylic acids is 2. The van der Waals surface area contributed by atoms with E-state index in [1.54, 1.807) is 18.3 Å². The lowest BCUT2D eigenvalue weighted by Crippen LogP contribution is -2.30. The number of aromatic nitrogens is 1. The molecule has 2 N–H and O–H groups in total. The van der Waals surface area contributed by atoms with Crippen molar-refractivity contribution < 1.29 is 14.3 Å². The Kier molecular flexibility index (Phi) is 5.63. The van der Waals surface area contributed by atoms with Gasteiger partial charge in [-0.25, -0.2) is 9.78 Å². The minimum Gasteiger partial charge on any atom is -0.465 e. The zero-order chi connectivity index (χ0) is 13.4. The highest BCUT2D eigenvalue weighted by Crippen LogP contribution is 2.11. The summed E-state index contributed by atoms with van der Waals surface area (Å²) in [6.07, 6.45) is 2.42. The van der Waals surface area contributed by atoms with Crippen molar-refractivity contribution in [2.24, 2.45) is 0 Å². The highest BCUT2D eigenvalue weighted by atomic mass is 16.5. The van der Waals surface area contributed by atoms with Gasteiger partial charge in [0.15, 0.2) is 0 Å². The van der Waals surface area contributed by atoms with Crippen LogP contribution in [0.2, 0.25) is 0 Å². The highest BCUT2D eigenvalue weighted by Gasteiger charge is 2.12. The summed E-state index contributed by atoms with van der Waals surface area (Å²) in [5.74, 6) is -0.283. The van der Waals surface area contributed by atoms with Gasteiger partial charge in [-0.1, -0.05) is 6.92 Å². The molecule has 0 aliphatic rings. The number of hydrogen-bond donors (Lipinski definition) is 2. The van der Waals surface area contributed by atoms with Crippen molar-refractivity contribution in [3.8, 4) is 0 Å². The quantitative estimate of drug-likeness (QED) is 0.731. The van der Waals surface area contributed by atoms with Gasteiger partial charge in [-0.05, 0) is 18.6 Å². The topological polar surface area (TPSA) is 80.3 Å². The van der Waals surface area contributed by atoms with Gasteiger partial charge in [0.05, 0.1) is 13.7 Å². The molecule has 6 nitrogen and oxygen atoms in total. The summed E-state index contributed by atoms with van der Waals surface area (Å²) in [6, 6.07) is 3.22. The van der Waals surface area contributed by atoms with Gasteiger partial charge >= 0.3 is 5.97 Å². The summed E-state index contributed by atoms with van der Waals surface area (Å²) < 4.78 is 4.63. The van der Waals surface area contributed by atoms with Crippen molar-refractivity contribution in [2.45, 2.75) is 13.3 Å². The van der Waals surface area contributed by atoms with E-state index in [0.717, 1.165) is 6.42 Å². The van der Waals surface area contributed by atoms with Crippen molar-refractivity contribution >= 4 is 17.7 Å². The normalized spacial score (nSPS) is 9.67. The van der Waals surface area contributed by atoms with E-state index in [2.05, 4.69) is 20.4 Å². The molecule has 0 fully saturated rings. The fourth-order valence-electron chi connectivity index (χ4n) is 1.31. The molecule has 0 bridgehead atoms. The van der Waals surface area contributed by atoms with Crippen LogP contribution < -0.4 is 10.6 Å². The molecule has 1 aromatic rings. The van der Waals surface area contributed by atoms with Gasteiger partial charge in [-0.3, -0.25) is 4.79 Å². The number of nitrogens with zero attached hydrogens (tertiary/aromatic N) is 1. The molecule has 1 aromatic heterocycles. The first-order chi connectivity index (χ1) is 8.69. The maximum absolute atomic E-state index is 11.4. The molecule has 1 rings (SSSR count). The standard InChI is InChI=1S/C12H17N3O3/c1-3-6-13-10(16)8-15-11-9(12(17)18-2)5-4-7-14-11/h4-5,7H,3,6,8H2,1-2H3,(H,13,16)(H,14,15). The van der Waals surface area contributed by atoms with Crippen LogP contribution in [0.5, 0.6) is 0 Å².